The Balaban J connectivity index is 4.19. The highest BCUT2D eigenvalue weighted by Crippen LogP contribution is 1.87. The summed E-state index contributed by atoms with van der Waals surface area (Å²) in [6.07, 6.45) is 0.949. The Labute approximate surface area is 88.8 Å². The monoisotopic (exact) mass is 215 g/mol. The summed E-state index contributed by atoms with van der Waals surface area (Å²) in [4.78, 5) is 32.7. The van der Waals surface area contributed by atoms with E-state index in [1.807, 2.05) is 0 Å². The van der Waals surface area contributed by atoms with Crippen molar-refractivity contribution in [3.8, 4) is 0 Å². The van der Waals surface area contributed by atoms with Gasteiger partial charge in [0.2, 0.25) is 11.8 Å². The van der Waals surface area contributed by atoms with Crippen LogP contribution in [0.5, 0.6) is 0 Å². The number of hydrogen-bond acceptors (Lipinski definition) is 3. The van der Waals surface area contributed by atoms with Crippen LogP contribution in [0.25, 0.3) is 0 Å². The van der Waals surface area contributed by atoms with Crippen LogP contribution in [0.1, 0.15) is 15.2 Å². The maximum atomic E-state index is 11.3. The SMILES string of the molecule is [2H]C=CC(=O)N[C@@H](C)C(=O)N[C@@H](C)C(=O)O. The quantitative estimate of drug-likeness (QED) is 0.527. The van der Waals surface area contributed by atoms with Gasteiger partial charge in [-0.2, -0.15) is 0 Å². The summed E-state index contributed by atoms with van der Waals surface area (Å²) in [5.74, 6) is -2.33. The number of carboxylic acid groups (broad SMARTS) is 1. The predicted molar refractivity (Wildman–Crippen MR) is 53.0 cm³/mol. The van der Waals surface area contributed by atoms with E-state index in [1.54, 1.807) is 0 Å². The average Bonchev–Trinajstić information content (AvgIpc) is 2.17. The van der Waals surface area contributed by atoms with Crippen molar-refractivity contribution in [1.82, 2.24) is 10.6 Å². The lowest BCUT2D eigenvalue weighted by atomic mass is 10.2. The van der Waals surface area contributed by atoms with Crippen molar-refractivity contribution in [2.45, 2.75) is 25.9 Å². The standard InChI is InChI=1S/C9H14N2O4/c1-4-7(12)10-5(2)8(13)11-6(3)9(14)15/h4-6H,1H2,2-3H3,(H,10,12)(H,11,13)(H,14,15)/t5-,6-/m0/s1/i1D. The summed E-state index contributed by atoms with van der Waals surface area (Å²) in [6, 6.07) is -1.87. The summed E-state index contributed by atoms with van der Waals surface area (Å²) >= 11 is 0. The second-order valence-electron chi connectivity index (χ2n) is 2.97. The van der Waals surface area contributed by atoms with Crippen molar-refractivity contribution in [3.05, 3.63) is 12.6 Å². The van der Waals surface area contributed by atoms with Crippen LogP contribution in [-0.4, -0.2) is 35.0 Å². The molecule has 0 heterocycles. The third kappa shape index (κ3) is 4.80. The van der Waals surface area contributed by atoms with E-state index in [-0.39, 0.29) is 0 Å². The molecule has 6 nitrogen and oxygen atoms in total. The molecule has 0 rings (SSSR count). The number of carboxylic acids is 1. The second-order valence-corrected chi connectivity index (χ2v) is 2.97. The number of aliphatic carboxylic acids is 1. The van der Waals surface area contributed by atoms with E-state index < -0.39 is 29.9 Å². The van der Waals surface area contributed by atoms with Crippen LogP contribution < -0.4 is 10.6 Å². The summed E-state index contributed by atoms with van der Waals surface area (Å²) in [7, 11) is 0. The molecule has 0 aliphatic rings. The molecule has 0 aliphatic heterocycles. The highest BCUT2D eigenvalue weighted by Gasteiger charge is 2.19. The third-order valence-corrected chi connectivity index (χ3v) is 1.63. The van der Waals surface area contributed by atoms with E-state index in [0.29, 0.717) is 0 Å². The lowest BCUT2D eigenvalue weighted by molar-refractivity contribution is -0.141. The molecular formula is C9H14N2O4. The molecule has 0 aromatic heterocycles. The number of carbonyl (C=O) groups excluding carboxylic acids is 2. The van der Waals surface area contributed by atoms with Crippen LogP contribution in [-0.2, 0) is 14.4 Å². The Morgan fingerprint density at radius 2 is 1.93 bits per heavy atom. The molecule has 0 saturated carbocycles. The van der Waals surface area contributed by atoms with E-state index in [1.165, 1.54) is 13.8 Å². The van der Waals surface area contributed by atoms with Gasteiger partial charge in [0.25, 0.3) is 0 Å². The maximum absolute atomic E-state index is 11.3. The van der Waals surface area contributed by atoms with Crippen LogP contribution >= 0.6 is 0 Å². The first-order valence-electron chi connectivity index (χ1n) is 4.84. The zero-order chi connectivity index (χ0) is 12.7. The molecule has 0 unspecified atom stereocenters. The molecule has 3 N–H and O–H groups in total. The molecule has 2 amide bonds. The normalized spacial score (nSPS) is 15.2. The minimum atomic E-state index is -1.15. The van der Waals surface area contributed by atoms with Crippen LogP contribution in [0.15, 0.2) is 12.6 Å². The molecule has 0 bridgehead atoms. The zero-order valence-electron chi connectivity index (χ0n) is 9.48. The minimum Gasteiger partial charge on any atom is -0.480 e. The van der Waals surface area contributed by atoms with Crippen LogP contribution in [0, 0.1) is 0 Å². The van der Waals surface area contributed by atoms with Crippen molar-refractivity contribution >= 4 is 17.8 Å². The Kier molecular flexibility index (Phi) is 4.33. The molecular weight excluding hydrogens is 200 g/mol. The largest absolute Gasteiger partial charge is 0.480 e. The van der Waals surface area contributed by atoms with Crippen molar-refractivity contribution in [2.75, 3.05) is 0 Å². The predicted octanol–water partition coefficient (Wildman–Crippen LogP) is -0.734. The molecule has 15 heavy (non-hydrogen) atoms. The number of rotatable bonds is 5. The van der Waals surface area contributed by atoms with Gasteiger partial charge < -0.3 is 15.7 Å². The number of amides is 2. The highest BCUT2D eigenvalue weighted by atomic mass is 16.4. The van der Waals surface area contributed by atoms with Crippen LogP contribution in [0.4, 0.5) is 0 Å². The Morgan fingerprint density at radius 3 is 2.40 bits per heavy atom. The molecule has 0 radical (unpaired) electrons. The van der Waals surface area contributed by atoms with Gasteiger partial charge in [-0.3, -0.25) is 14.4 Å². The fraction of sp³-hybridized carbons (Fsp3) is 0.444. The van der Waals surface area contributed by atoms with Crippen LogP contribution in [0.2, 0.25) is 0 Å². The number of nitrogens with one attached hydrogen (secondary N) is 2. The molecule has 0 fully saturated rings. The topological polar surface area (TPSA) is 95.5 Å². The first-order valence-corrected chi connectivity index (χ1v) is 4.27. The molecule has 6 heteroatoms. The molecule has 84 valence electrons. The summed E-state index contributed by atoms with van der Waals surface area (Å²) in [5.41, 5.74) is 0. The Morgan fingerprint density at radius 1 is 1.33 bits per heavy atom. The van der Waals surface area contributed by atoms with E-state index in [9.17, 15) is 14.4 Å². The Hall–Kier alpha value is -1.85. The van der Waals surface area contributed by atoms with Gasteiger partial charge in [0.15, 0.2) is 0 Å². The fourth-order valence-electron chi connectivity index (χ4n) is 0.727. The van der Waals surface area contributed by atoms with Gasteiger partial charge in [-0.25, -0.2) is 0 Å². The van der Waals surface area contributed by atoms with Crippen LogP contribution in [0.3, 0.4) is 0 Å². The van der Waals surface area contributed by atoms with E-state index >= 15 is 0 Å². The molecule has 0 aliphatic carbocycles. The highest BCUT2D eigenvalue weighted by molar-refractivity contribution is 5.93. The molecule has 0 aromatic rings. The lowest BCUT2D eigenvalue weighted by Crippen LogP contribution is -2.49. The molecule has 0 saturated heterocycles. The van der Waals surface area contributed by atoms with E-state index in [0.717, 1.165) is 12.6 Å². The molecule has 0 aromatic carbocycles. The second kappa shape index (κ2) is 5.79. The van der Waals surface area contributed by atoms with Gasteiger partial charge in [-0.15, -0.1) is 0 Å². The van der Waals surface area contributed by atoms with Crippen molar-refractivity contribution in [3.63, 3.8) is 0 Å². The van der Waals surface area contributed by atoms with Crippen molar-refractivity contribution in [2.24, 2.45) is 0 Å². The minimum absolute atomic E-state index is 0.583. The third-order valence-electron chi connectivity index (χ3n) is 1.63. The summed E-state index contributed by atoms with van der Waals surface area (Å²) < 4.78 is 6.63. The van der Waals surface area contributed by atoms with E-state index in [4.69, 9.17) is 6.48 Å². The van der Waals surface area contributed by atoms with Crippen molar-refractivity contribution < 1.29 is 20.9 Å². The Bertz CT molecular complexity index is 317. The van der Waals surface area contributed by atoms with Crippen molar-refractivity contribution in [1.29, 1.82) is 0 Å². The lowest BCUT2D eigenvalue weighted by Gasteiger charge is -2.15. The smallest absolute Gasteiger partial charge is 0.325 e. The summed E-state index contributed by atoms with van der Waals surface area (Å²) in [5, 5.41) is 13.0. The van der Waals surface area contributed by atoms with Gasteiger partial charge >= 0.3 is 5.97 Å². The molecule has 0 spiro atoms. The fourth-order valence-corrected chi connectivity index (χ4v) is 0.727. The first-order chi connectivity index (χ1) is 7.38. The number of hydrogen-bond donors (Lipinski definition) is 3. The summed E-state index contributed by atoms with van der Waals surface area (Å²) in [6.45, 7) is 3.53. The maximum Gasteiger partial charge on any atom is 0.325 e. The van der Waals surface area contributed by atoms with Gasteiger partial charge in [-0.05, 0) is 19.9 Å². The first kappa shape index (κ1) is 11.2. The molecule has 2 atom stereocenters. The average molecular weight is 215 g/mol. The van der Waals surface area contributed by atoms with Gasteiger partial charge in [0.05, 0.1) is 1.37 Å². The number of carbonyl (C=O) groups is 3. The van der Waals surface area contributed by atoms with Gasteiger partial charge in [0, 0.05) is 0 Å². The zero-order valence-corrected chi connectivity index (χ0v) is 8.48. The van der Waals surface area contributed by atoms with E-state index in [2.05, 4.69) is 10.6 Å². The van der Waals surface area contributed by atoms with Gasteiger partial charge in [-0.1, -0.05) is 6.55 Å². The van der Waals surface area contributed by atoms with Gasteiger partial charge in [0.1, 0.15) is 12.1 Å².